The first-order chi connectivity index (χ1) is 9.04. The lowest BCUT2D eigenvalue weighted by Gasteiger charge is -2.21. The molecule has 4 heteroatoms. The third kappa shape index (κ3) is 5.57. The van der Waals surface area contributed by atoms with E-state index in [1.54, 1.807) is 6.07 Å². The molecule has 0 unspecified atom stereocenters. The summed E-state index contributed by atoms with van der Waals surface area (Å²) in [5.41, 5.74) is 1.59. The minimum absolute atomic E-state index is 0.178. The predicted octanol–water partition coefficient (Wildman–Crippen LogP) is 2.80. The van der Waals surface area contributed by atoms with E-state index in [2.05, 4.69) is 5.32 Å². The molecule has 0 radical (unpaired) electrons. The van der Waals surface area contributed by atoms with E-state index in [-0.39, 0.29) is 11.9 Å². The van der Waals surface area contributed by atoms with Crippen LogP contribution in [0.25, 0.3) is 0 Å². The number of benzene rings is 1. The van der Waals surface area contributed by atoms with Crippen molar-refractivity contribution >= 4 is 5.69 Å². The van der Waals surface area contributed by atoms with Crippen LogP contribution < -0.4 is 10.2 Å². The van der Waals surface area contributed by atoms with Crippen molar-refractivity contribution in [2.24, 2.45) is 0 Å². The van der Waals surface area contributed by atoms with Gasteiger partial charge in [-0.3, -0.25) is 0 Å². The van der Waals surface area contributed by atoms with Crippen molar-refractivity contribution in [2.45, 2.75) is 33.4 Å². The Morgan fingerprint density at radius 2 is 2.11 bits per heavy atom. The van der Waals surface area contributed by atoms with Crippen molar-refractivity contribution in [3.8, 4) is 0 Å². The van der Waals surface area contributed by atoms with Crippen molar-refractivity contribution < 1.29 is 9.13 Å². The normalized spacial score (nSPS) is 11.1. The third-order valence-corrected chi connectivity index (χ3v) is 2.88. The molecule has 0 heterocycles. The van der Waals surface area contributed by atoms with Gasteiger partial charge < -0.3 is 15.0 Å². The van der Waals surface area contributed by atoms with E-state index in [4.69, 9.17) is 4.74 Å². The number of likely N-dealkylation sites (N-methyl/N-ethyl adjacent to an activating group) is 1. The number of hydrogen-bond acceptors (Lipinski definition) is 3. The van der Waals surface area contributed by atoms with Gasteiger partial charge in [0, 0.05) is 20.1 Å². The fourth-order valence-electron chi connectivity index (χ4n) is 1.79. The van der Waals surface area contributed by atoms with E-state index >= 15 is 0 Å². The Kier molecular flexibility index (Phi) is 6.81. The van der Waals surface area contributed by atoms with E-state index < -0.39 is 0 Å². The molecular weight excluding hydrogens is 243 g/mol. The molecule has 3 nitrogen and oxygen atoms in total. The van der Waals surface area contributed by atoms with Crippen LogP contribution in [0.2, 0.25) is 0 Å². The van der Waals surface area contributed by atoms with E-state index in [1.807, 2.05) is 44.9 Å². The van der Waals surface area contributed by atoms with E-state index in [9.17, 15) is 4.39 Å². The molecule has 108 valence electrons. The molecule has 0 aliphatic heterocycles. The number of rotatable bonds is 8. The summed E-state index contributed by atoms with van der Waals surface area (Å²) in [5.74, 6) is -0.178. The van der Waals surface area contributed by atoms with Crippen LogP contribution in [-0.2, 0) is 11.3 Å². The molecule has 1 aromatic rings. The van der Waals surface area contributed by atoms with Crippen LogP contribution in [0.1, 0.15) is 26.3 Å². The highest BCUT2D eigenvalue weighted by molar-refractivity contribution is 5.48. The van der Waals surface area contributed by atoms with Gasteiger partial charge in [0.05, 0.1) is 18.4 Å². The summed E-state index contributed by atoms with van der Waals surface area (Å²) in [4.78, 5) is 1.88. The van der Waals surface area contributed by atoms with Crippen molar-refractivity contribution in [2.75, 3.05) is 31.6 Å². The molecule has 0 spiro atoms. The van der Waals surface area contributed by atoms with Crippen LogP contribution in [0, 0.1) is 5.82 Å². The minimum atomic E-state index is -0.178. The van der Waals surface area contributed by atoms with Crippen molar-refractivity contribution in [1.82, 2.24) is 5.32 Å². The largest absolute Gasteiger partial charge is 0.377 e. The van der Waals surface area contributed by atoms with Crippen LogP contribution in [0.4, 0.5) is 10.1 Å². The van der Waals surface area contributed by atoms with Gasteiger partial charge in [-0.1, -0.05) is 13.0 Å². The van der Waals surface area contributed by atoms with Gasteiger partial charge in [-0.2, -0.15) is 0 Å². The Hall–Kier alpha value is -1.13. The quantitative estimate of drug-likeness (QED) is 0.784. The average Bonchev–Trinajstić information content (AvgIpc) is 2.35. The summed E-state index contributed by atoms with van der Waals surface area (Å²) in [6.45, 7) is 8.90. The number of nitrogens with one attached hydrogen (secondary N) is 1. The second-order valence-electron chi connectivity index (χ2n) is 4.91. The maximum atomic E-state index is 14.0. The molecule has 0 fully saturated rings. The Balaban J connectivity index is 2.57. The second kappa shape index (κ2) is 8.12. The first-order valence-corrected chi connectivity index (χ1v) is 6.86. The number of halogens is 1. The molecule has 0 aromatic heterocycles. The first kappa shape index (κ1) is 15.9. The Bertz CT molecular complexity index is 382. The van der Waals surface area contributed by atoms with Crippen molar-refractivity contribution in [1.29, 1.82) is 0 Å². The molecule has 0 saturated carbocycles. The lowest BCUT2D eigenvalue weighted by atomic mass is 10.2. The smallest absolute Gasteiger partial charge is 0.146 e. The number of nitrogens with zero attached hydrogens (tertiary/aromatic N) is 1. The molecule has 1 rings (SSSR count). The van der Waals surface area contributed by atoms with Crippen LogP contribution in [-0.4, -0.2) is 32.8 Å². The molecule has 1 N–H and O–H groups in total. The van der Waals surface area contributed by atoms with Gasteiger partial charge in [0.15, 0.2) is 0 Å². The zero-order chi connectivity index (χ0) is 14.3. The van der Waals surface area contributed by atoms with Gasteiger partial charge in [0.1, 0.15) is 5.82 Å². The average molecular weight is 268 g/mol. The number of hydrogen-bond donors (Lipinski definition) is 1. The number of anilines is 1. The van der Waals surface area contributed by atoms with Gasteiger partial charge >= 0.3 is 0 Å². The molecule has 1 aromatic carbocycles. The SMILES string of the molecule is CCNCc1ccc(N(C)CCOC(C)C)c(F)c1. The maximum Gasteiger partial charge on any atom is 0.146 e. The molecule has 0 amide bonds. The van der Waals surface area contributed by atoms with Crippen molar-refractivity contribution in [3.63, 3.8) is 0 Å². The zero-order valence-corrected chi connectivity index (χ0v) is 12.4. The fraction of sp³-hybridized carbons (Fsp3) is 0.600. The van der Waals surface area contributed by atoms with Gasteiger partial charge in [-0.05, 0) is 38.1 Å². The molecule has 0 atom stereocenters. The molecule has 0 aliphatic carbocycles. The Morgan fingerprint density at radius 1 is 1.37 bits per heavy atom. The monoisotopic (exact) mass is 268 g/mol. The van der Waals surface area contributed by atoms with Gasteiger partial charge in [-0.15, -0.1) is 0 Å². The molecule has 19 heavy (non-hydrogen) atoms. The summed E-state index contributed by atoms with van der Waals surface area (Å²) in [5, 5.41) is 3.19. The highest BCUT2D eigenvalue weighted by Gasteiger charge is 2.08. The second-order valence-corrected chi connectivity index (χ2v) is 4.91. The summed E-state index contributed by atoms with van der Waals surface area (Å²) in [6, 6.07) is 5.38. The lowest BCUT2D eigenvalue weighted by Crippen LogP contribution is -2.24. The standard InChI is InChI=1S/C15H25FN2O/c1-5-17-11-13-6-7-15(14(16)10-13)18(4)8-9-19-12(2)3/h6-7,10,12,17H,5,8-9,11H2,1-4H3. The van der Waals surface area contributed by atoms with E-state index in [0.29, 0.717) is 25.4 Å². The van der Waals surface area contributed by atoms with Crippen molar-refractivity contribution in [3.05, 3.63) is 29.6 Å². The molecule has 0 bridgehead atoms. The number of ether oxygens (including phenoxy) is 1. The highest BCUT2D eigenvalue weighted by Crippen LogP contribution is 2.19. The Morgan fingerprint density at radius 3 is 2.68 bits per heavy atom. The Labute approximate surface area is 115 Å². The summed E-state index contributed by atoms with van der Waals surface area (Å²) in [6.07, 6.45) is 0.209. The summed E-state index contributed by atoms with van der Waals surface area (Å²) >= 11 is 0. The zero-order valence-electron chi connectivity index (χ0n) is 12.4. The van der Waals surface area contributed by atoms with E-state index in [1.165, 1.54) is 0 Å². The van der Waals surface area contributed by atoms with Crippen LogP contribution in [0.3, 0.4) is 0 Å². The van der Waals surface area contributed by atoms with Gasteiger partial charge in [0.2, 0.25) is 0 Å². The van der Waals surface area contributed by atoms with Gasteiger partial charge in [0.25, 0.3) is 0 Å². The maximum absolute atomic E-state index is 14.0. The summed E-state index contributed by atoms with van der Waals surface area (Å²) < 4.78 is 19.5. The summed E-state index contributed by atoms with van der Waals surface area (Å²) in [7, 11) is 1.88. The molecule has 0 aliphatic rings. The van der Waals surface area contributed by atoms with Crippen LogP contribution in [0.15, 0.2) is 18.2 Å². The molecular formula is C15H25FN2O. The van der Waals surface area contributed by atoms with Crippen LogP contribution >= 0.6 is 0 Å². The predicted molar refractivity (Wildman–Crippen MR) is 78.1 cm³/mol. The topological polar surface area (TPSA) is 24.5 Å². The highest BCUT2D eigenvalue weighted by atomic mass is 19.1. The lowest BCUT2D eigenvalue weighted by molar-refractivity contribution is 0.0845. The fourth-order valence-corrected chi connectivity index (χ4v) is 1.79. The first-order valence-electron chi connectivity index (χ1n) is 6.86. The van der Waals surface area contributed by atoms with Gasteiger partial charge in [-0.25, -0.2) is 4.39 Å². The van der Waals surface area contributed by atoms with Crippen LogP contribution in [0.5, 0.6) is 0 Å². The minimum Gasteiger partial charge on any atom is -0.377 e. The van der Waals surface area contributed by atoms with E-state index in [0.717, 1.165) is 12.1 Å². The third-order valence-electron chi connectivity index (χ3n) is 2.88. The molecule has 0 saturated heterocycles.